The lowest BCUT2D eigenvalue weighted by atomic mass is 10.1. The number of carbonyl (C=O) groups excluding carboxylic acids is 2. The van der Waals surface area contributed by atoms with Gasteiger partial charge in [0.15, 0.2) is 0 Å². The van der Waals surface area contributed by atoms with Crippen molar-refractivity contribution in [1.29, 1.82) is 0 Å². The summed E-state index contributed by atoms with van der Waals surface area (Å²) in [6, 6.07) is 9.52. The highest BCUT2D eigenvalue weighted by Gasteiger charge is 2.26. The third-order valence-electron chi connectivity index (χ3n) is 3.48. The highest BCUT2D eigenvalue weighted by Crippen LogP contribution is 2.19. The van der Waals surface area contributed by atoms with Crippen molar-refractivity contribution in [1.82, 2.24) is 15.2 Å². The number of pyridine rings is 1. The smallest absolute Gasteiger partial charge is 0.324 e. The maximum Gasteiger partial charge on any atom is 0.324 e. The number of aromatic nitrogens is 1. The summed E-state index contributed by atoms with van der Waals surface area (Å²) in [4.78, 5) is 28.2. The Bertz CT molecular complexity index is 738. The van der Waals surface area contributed by atoms with Crippen molar-refractivity contribution in [2.45, 2.75) is 0 Å². The lowest BCUT2D eigenvalue weighted by Gasteiger charge is -2.08. The highest BCUT2D eigenvalue weighted by molar-refractivity contribution is 6.02. The maximum atomic E-state index is 12.9. The number of amides is 3. The molecule has 0 bridgehead atoms. The number of urea groups is 1. The van der Waals surface area contributed by atoms with Crippen LogP contribution in [0.2, 0.25) is 0 Å². The molecule has 1 aliphatic rings. The van der Waals surface area contributed by atoms with Crippen LogP contribution in [0.1, 0.15) is 5.69 Å². The largest absolute Gasteiger partial charge is 0.329 e. The molecule has 0 aliphatic carbocycles. The number of hydrogen-bond acceptors (Lipinski definition) is 3. The Morgan fingerprint density at radius 1 is 1.13 bits per heavy atom. The van der Waals surface area contributed by atoms with Gasteiger partial charge in [-0.2, -0.15) is 0 Å². The highest BCUT2D eigenvalue weighted by atomic mass is 19.1. The second-order valence-corrected chi connectivity index (χ2v) is 5.04. The van der Waals surface area contributed by atoms with Crippen LogP contribution < -0.4 is 5.32 Å². The zero-order valence-electron chi connectivity index (χ0n) is 12.2. The Balaban J connectivity index is 1.65. The van der Waals surface area contributed by atoms with Gasteiger partial charge in [-0.25, -0.2) is 9.18 Å². The van der Waals surface area contributed by atoms with Crippen LogP contribution in [-0.2, 0) is 4.79 Å². The SMILES string of the molecule is O=C1CNC(=O)N1CC=Cc1ccc(-c2ccc(F)cc2)cn1. The van der Waals surface area contributed by atoms with Crippen LogP contribution in [-0.4, -0.2) is 34.9 Å². The molecule has 1 aromatic carbocycles. The lowest BCUT2D eigenvalue weighted by molar-refractivity contribution is -0.124. The first kappa shape index (κ1) is 14.9. The van der Waals surface area contributed by atoms with E-state index in [-0.39, 0.29) is 30.8 Å². The van der Waals surface area contributed by atoms with E-state index in [2.05, 4.69) is 10.3 Å². The minimum Gasteiger partial charge on any atom is -0.329 e. The van der Waals surface area contributed by atoms with E-state index in [4.69, 9.17) is 0 Å². The predicted molar refractivity (Wildman–Crippen MR) is 83.8 cm³/mol. The molecule has 0 atom stereocenters. The fraction of sp³-hybridized carbons (Fsp3) is 0.118. The maximum absolute atomic E-state index is 12.9. The van der Waals surface area contributed by atoms with Crippen LogP contribution in [0.25, 0.3) is 17.2 Å². The molecule has 6 heteroatoms. The summed E-state index contributed by atoms with van der Waals surface area (Å²) in [6.45, 7) is 0.267. The molecule has 1 saturated heterocycles. The number of hydrogen-bond donors (Lipinski definition) is 1. The predicted octanol–water partition coefficient (Wildman–Crippen LogP) is 2.45. The number of halogens is 1. The Labute approximate surface area is 132 Å². The van der Waals surface area contributed by atoms with Gasteiger partial charge in [-0.3, -0.25) is 14.7 Å². The molecule has 0 saturated carbocycles. The molecular weight excluding hydrogens is 297 g/mol. The van der Waals surface area contributed by atoms with Crippen LogP contribution in [0.3, 0.4) is 0 Å². The van der Waals surface area contributed by atoms with E-state index in [0.717, 1.165) is 16.0 Å². The Hall–Kier alpha value is -3.02. The summed E-state index contributed by atoms with van der Waals surface area (Å²) in [6.07, 6.45) is 5.15. The number of nitrogens with one attached hydrogen (secondary N) is 1. The summed E-state index contributed by atoms with van der Waals surface area (Å²) in [5.41, 5.74) is 2.48. The van der Waals surface area contributed by atoms with E-state index in [1.54, 1.807) is 30.5 Å². The summed E-state index contributed by atoms with van der Waals surface area (Å²) in [7, 11) is 0. The van der Waals surface area contributed by atoms with Crippen LogP contribution in [0.4, 0.5) is 9.18 Å². The van der Waals surface area contributed by atoms with E-state index >= 15 is 0 Å². The third kappa shape index (κ3) is 3.42. The fourth-order valence-corrected chi connectivity index (χ4v) is 2.24. The molecule has 0 unspecified atom stereocenters. The average Bonchev–Trinajstić information content (AvgIpc) is 2.88. The van der Waals surface area contributed by atoms with E-state index in [0.29, 0.717) is 5.69 Å². The van der Waals surface area contributed by atoms with Crippen molar-refractivity contribution in [3.05, 3.63) is 60.2 Å². The quantitative estimate of drug-likeness (QED) is 0.882. The van der Waals surface area contributed by atoms with Gasteiger partial charge in [-0.05, 0) is 29.8 Å². The van der Waals surface area contributed by atoms with Gasteiger partial charge < -0.3 is 5.32 Å². The number of carbonyl (C=O) groups is 2. The van der Waals surface area contributed by atoms with Crippen LogP contribution in [0.5, 0.6) is 0 Å². The summed E-state index contributed by atoms with van der Waals surface area (Å²) in [5.74, 6) is -0.513. The Morgan fingerprint density at radius 3 is 2.48 bits per heavy atom. The summed E-state index contributed by atoms with van der Waals surface area (Å²) < 4.78 is 12.9. The first-order chi connectivity index (χ1) is 11.1. The second-order valence-electron chi connectivity index (χ2n) is 5.04. The van der Waals surface area contributed by atoms with Crippen molar-refractivity contribution in [3.8, 4) is 11.1 Å². The molecular formula is C17H14FN3O2. The first-order valence-electron chi connectivity index (χ1n) is 7.10. The van der Waals surface area contributed by atoms with Crippen LogP contribution in [0, 0.1) is 5.82 Å². The number of rotatable bonds is 4. The molecule has 2 heterocycles. The molecule has 1 fully saturated rings. The molecule has 3 amide bonds. The van der Waals surface area contributed by atoms with Gasteiger partial charge in [0.25, 0.3) is 0 Å². The average molecular weight is 311 g/mol. The van der Waals surface area contributed by atoms with Crippen molar-refractivity contribution >= 4 is 18.0 Å². The molecule has 0 radical (unpaired) electrons. The van der Waals surface area contributed by atoms with Crippen LogP contribution in [0.15, 0.2) is 48.7 Å². The minimum absolute atomic E-state index is 0.0529. The molecule has 5 nitrogen and oxygen atoms in total. The third-order valence-corrected chi connectivity index (χ3v) is 3.48. The van der Waals surface area contributed by atoms with Gasteiger partial charge in [0.1, 0.15) is 5.82 Å². The van der Waals surface area contributed by atoms with E-state index in [1.807, 2.05) is 12.1 Å². The molecule has 1 N–H and O–H groups in total. The molecule has 1 aromatic heterocycles. The lowest BCUT2D eigenvalue weighted by Crippen LogP contribution is -2.30. The first-order valence-corrected chi connectivity index (χ1v) is 7.10. The molecule has 23 heavy (non-hydrogen) atoms. The van der Waals surface area contributed by atoms with E-state index in [1.165, 1.54) is 12.1 Å². The molecule has 1 aliphatic heterocycles. The normalized spacial score (nSPS) is 14.6. The number of benzene rings is 1. The summed E-state index contributed by atoms with van der Waals surface area (Å²) in [5, 5.41) is 2.46. The van der Waals surface area contributed by atoms with Crippen molar-refractivity contribution in [2.75, 3.05) is 13.1 Å². The standard InChI is InChI=1S/C17H14FN3O2/c18-14-6-3-12(4-7-14)13-5-8-15(19-10-13)2-1-9-21-16(22)11-20-17(21)23/h1-8,10H,9,11H2,(H,20,23). The molecule has 3 rings (SSSR count). The Kier molecular flexibility index (Phi) is 4.14. The number of nitrogens with zero attached hydrogens (tertiary/aromatic N) is 2. The monoisotopic (exact) mass is 311 g/mol. The van der Waals surface area contributed by atoms with Crippen molar-refractivity contribution in [3.63, 3.8) is 0 Å². The van der Waals surface area contributed by atoms with Crippen molar-refractivity contribution < 1.29 is 14.0 Å². The van der Waals surface area contributed by atoms with E-state index < -0.39 is 0 Å². The number of imide groups is 1. The van der Waals surface area contributed by atoms with E-state index in [9.17, 15) is 14.0 Å². The zero-order valence-corrected chi connectivity index (χ0v) is 12.2. The van der Waals surface area contributed by atoms with Gasteiger partial charge >= 0.3 is 6.03 Å². The van der Waals surface area contributed by atoms with Crippen LogP contribution >= 0.6 is 0 Å². The van der Waals surface area contributed by atoms with Crippen molar-refractivity contribution in [2.24, 2.45) is 0 Å². The molecule has 116 valence electrons. The topological polar surface area (TPSA) is 62.3 Å². The minimum atomic E-state index is -0.376. The van der Waals surface area contributed by atoms with Gasteiger partial charge in [0, 0.05) is 18.3 Å². The van der Waals surface area contributed by atoms with Gasteiger partial charge in [-0.15, -0.1) is 0 Å². The summed E-state index contributed by atoms with van der Waals surface area (Å²) >= 11 is 0. The fourth-order valence-electron chi connectivity index (χ4n) is 2.24. The van der Waals surface area contributed by atoms with Gasteiger partial charge in [-0.1, -0.05) is 24.3 Å². The molecule has 2 aromatic rings. The second kappa shape index (κ2) is 6.39. The van der Waals surface area contributed by atoms with Gasteiger partial charge in [0.05, 0.1) is 12.2 Å². The molecule has 0 spiro atoms. The van der Waals surface area contributed by atoms with Gasteiger partial charge in [0.2, 0.25) is 5.91 Å². The zero-order chi connectivity index (χ0) is 16.2. The Morgan fingerprint density at radius 2 is 1.87 bits per heavy atom.